The SMILES string of the molecule is COc1cccc(C(=O)N[C@H]2CCCN(C(=O)OC(C)(C)C)[C@@H]2C)n1. The van der Waals surface area contributed by atoms with Crippen LogP contribution in [-0.4, -0.2) is 53.2 Å². The molecule has 0 bridgehead atoms. The number of piperidine rings is 1. The van der Waals surface area contributed by atoms with Gasteiger partial charge in [-0.25, -0.2) is 9.78 Å². The smallest absolute Gasteiger partial charge is 0.410 e. The summed E-state index contributed by atoms with van der Waals surface area (Å²) in [6.45, 7) is 8.07. The molecule has 138 valence electrons. The quantitative estimate of drug-likeness (QED) is 0.907. The van der Waals surface area contributed by atoms with Crippen molar-refractivity contribution in [1.82, 2.24) is 15.2 Å². The molecule has 0 radical (unpaired) electrons. The number of aromatic nitrogens is 1. The van der Waals surface area contributed by atoms with E-state index in [1.165, 1.54) is 7.11 Å². The summed E-state index contributed by atoms with van der Waals surface area (Å²) in [6, 6.07) is 4.74. The Morgan fingerprint density at radius 1 is 1.32 bits per heavy atom. The Morgan fingerprint density at radius 2 is 2.04 bits per heavy atom. The first-order chi connectivity index (χ1) is 11.7. The van der Waals surface area contributed by atoms with Gasteiger partial charge in [0, 0.05) is 18.7 Å². The fourth-order valence-corrected chi connectivity index (χ4v) is 2.81. The number of nitrogens with one attached hydrogen (secondary N) is 1. The van der Waals surface area contributed by atoms with Crippen molar-refractivity contribution in [3.8, 4) is 5.88 Å². The van der Waals surface area contributed by atoms with Gasteiger partial charge in [-0.15, -0.1) is 0 Å². The van der Waals surface area contributed by atoms with E-state index in [1.54, 1.807) is 23.1 Å². The maximum Gasteiger partial charge on any atom is 0.410 e. The third-order valence-corrected chi connectivity index (χ3v) is 4.10. The van der Waals surface area contributed by atoms with Gasteiger partial charge < -0.3 is 19.7 Å². The molecule has 1 N–H and O–H groups in total. The second kappa shape index (κ2) is 7.72. The zero-order chi connectivity index (χ0) is 18.6. The van der Waals surface area contributed by atoms with E-state index in [9.17, 15) is 9.59 Å². The summed E-state index contributed by atoms with van der Waals surface area (Å²) in [5.74, 6) is 0.113. The fraction of sp³-hybridized carbons (Fsp3) is 0.611. The van der Waals surface area contributed by atoms with Gasteiger partial charge in [0.2, 0.25) is 5.88 Å². The minimum atomic E-state index is -0.544. The molecule has 1 aromatic heterocycles. The van der Waals surface area contributed by atoms with E-state index in [-0.39, 0.29) is 24.1 Å². The average Bonchev–Trinajstić information content (AvgIpc) is 2.55. The van der Waals surface area contributed by atoms with Crippen molar-refractivity contribution in [3.63, 3.8) is 0 Å². The molecular formula is C18H27N3O4. The number of pyridine rings is 1. The Balaban J connectivity index is 2.04. The van der Waals surface area contributed by atoms with Crippen LogP contribution in [0.5, 0.6) is 5.88 Å². The molecule has 2 atom stereocenters. The van der Waals surface area contributed by atoms with Crippen LogP contribution in [0.3, 0.4) is 0 Å². The number of carbonyl (C=O) groups excluding carboxylic acids is 2. The minimum Gasteiger partial charge on any atom is -0.481 e. The summed E-state index contributed by atoms with van der Waals surface area (Å²) in [4.78, 5) is 30.7. The monoisotopic (exact) mass is 349 g/mol. The summed E-state index contributed by atoms with van der Waals surface area (Å²) in [5, 5.41) is 2.98. The van der Waals surface area contributed by atoms with Crippen LogP contribution >= 0.6 is 0 Å². The lowest BCUT2D eigenvalue weighted by molar-refractivity contribution is 0.00699. The van der Waals surface area contributed by atoms with Crippen molar-refractivity contribution < 1.29 is 19.1 Å². The van der Waals surface area contributed by atoms with Gasteiger partial charge in [-0.2, -0.15) is 0 Å². The fourth-order valence-electron chi connectivity index (χ4n) is 2.81. The standard InChI is InChI=1S/C18H27N3O4/c1-12-13(9-7-11-21(12)17(23)25-18(2,3)4)20-16(22)14-8-6-10-15(19-14)24-5/h6,8,10,12-13H,7,9,11H2,1-5H3,(H,20,22)/t12-,13+/m1/s1. The van der Waals surface area contributed by atoms with Gasteiger partial charge in [-0.3, -0.25) is 4.79 Å². The topological polar surface area (TPSA) is 80.8 Å². The van der Waals surface area contributed by atoms with Gasteiger partial charge in [-0.05, 0) is 46.6 Å². The second-order valence-corrected chi connectivity index (χ2v) is 7.20. The molecule has 25 heavy (non-hydrogen) atoms. The zero-order valence-corrected chi connectivity index (χ0v) is 15.5. The highest BCUT2D eigenvalue weighted by molar-refractivity contribution is 5.92. The minimum absolute atomic E-state index is 0.151. The molecule has 0 spiro atoms. The molecule has 0 aromatic carbocycles. The number of rotatable bonds is 3. The van der Waals surface area contributed by atoms with E-state index < -0.39 is 5.60 Å². The summed E-state index contributed by atoms with van der Waals surface area (Å²) in [5.41, 5.74) is -0.252. The Hall–Kier alpha value is -2.31. The van der Waals surface area contributed by atoms with Crippen LogP contribution in [0.15, 0.2) is 18.2 Å². The molecular weight excluding hydrogens is 322 g/mol. The van der Waals surface area contributed by atoms with Crippen LogP contribution in [0, 0.1) is 0 Å². The third-order valence-electron chi connectivity index (χ3n) is 4.10. The maximum absolute atomic E-state index is 12.5. The number of nitrogens with zero attached hydrogens (tertiary/aromatic N) is 2. The third kappa shape index (κ3) is 5.08. The average molecular weight is 349 g/mol. The van der Waals surface area contributed by atoms with Crippen molar-refractivity contribution >= 4 is 12.0 Å². The first kappa shape index (κ1) is 19.0. The van der Waals surface area contributed by atoms with Crippen molar-refractivity contribution in [2.75, 3.05) is 13.7 Å². The van der Waals surface area contributed by atoms with Gasteiger partial charge in [-0.1, -0.05) is 6.07 Å². The van der Waals surface area contributed by atoms with E-state index in [4.69, 9.17) is 9.47 Å². The molecule has 1 aliphatic heterocycles. The molecule has 2 rings (SSSR count). The molecule has 0 unspecified atom stereocenters. The van der Waals surface area contributed by atoms with Gasteiger partial charge in [0.25, 0.3) is 5.91 Å². The first-order valence-corrected chi connectivity index (χ1v) is 8.53. The molecule has 1 fully saturated rings. The summed E-state index contributed by atoms with van der Waals surface area (Å²) in [7, 11) is 1.51. The van der Waals surface area contributed by atoms with Crippen LogP contribution in [0.25, 0.3) is 0 Å². The Kier molecular flexibility index (Phi) is 5.87. The summed E-state index contributed by atoms with van der Waals surface area (Å²) >= 11 is 0. The molecule has 1 aliphatic rings. The Labute approximate surface area is 148 Å². The number of ether oxygens (including phenoxy) is 2. The number of amides is 2. The first-order valence-electron chi connectivity index (χ1n) is 8.53. The second-order valence-electron chi connectivity index (χ2n) is 7.20. The van der Waals surface area contributed by atoms with Crippen LogP contribution < -0.4 is 10.1 Å². The van der Waals surface area contributed by atoms with Crippen molar-refractivity contribution in [1.29, 1.82) is 0 Å². The van der Waals surface area contributed by atoms with Crippen LogP contribution in [0.4, 0.5) is 4.79 Å². The number of hydrogen-bond donors (Lipinski definition) is 1. The predicted octanol–water partition coefficient (Wildman–Crippen LogP) is 2.61. The van der Waals surface area contributed by atoms with Gasteiger partial charge in [0.1, 0.15) is 11.3 Å². The molecule has 2 heterocycles. The highest BCUT2D eigenvalue weighted by Crippen LogP contribution is 2.21. The van der Waals surface area contributed by atoms with Gasteiger partial charge in [0.15, 0.2) is 0 Å². The van der Waals surface area contributed by atoms with E-state index in [0.717, 1.165) is 12.8 Å². The van der Waals surface area contributed by atoms with E-state index in [1.807, 2.05) is 27.7 Å². The van der Waals surface area contributed by atoms with Gasteiger partial charge in [0.05, 0.1) is 13.2 Å². The number of likely N-dealkylation sites (tertiary alicyclic amines) is 1. The Bertz CT molecular complexity index is 627. The summed E-state index contributed by atoms with van der Waals surface area (Å²) in [6.07, 6.45) is 1.26. The lowest BCUT2D eigenvalue weighted by Gasteiger charge is -2.40. The van der Waals surface area contributed by atoms with Crippen molar-refractivity contribution in [2.45, 2.75) is 58.2 Å². The number of carbonyl (C=O) groups is 2. The van der Waals surface area contributed by atoms with Gasteiger partial charge >= 0.3 is 6.09 Å². The highest BCUT2D eigenvalue weighted by Gasteiger charge is 2.34. The van der Waals surface area contributed by atoms with Crippen LogP contribution in [0.1, 0.15) is 51.0 Å². The van der Waals surface area contributed by atoms with Crippen LogP contribution in [-0.2, 0) is 4.74 Å². The molecule has 0 aliphatic carbocycles. The van der Waals surface area contributed by atoms with E-state index in [0.29, 0.717) is 18.1 Å². The molecule has 1 aromatic rings. The van der Waals surface area contributed by atoms with E-state index >= 15 is 0 Å². The van der Waals surface area contributed by atoms with Crippen molar-refractivity contribution in [3.05, 3.63) is 23.9 Å². The highest BCUT2D eigenvalue weighted by atomic mass is 16.6. The normalized spacial score (nSPS) is 20.8. The number of methoxy groups -OCH3 is 1. The zero-order valence-electron chi connectivity index (χ0n) is 15.5. The summed E-state index contributed by atoms with van der Waals surface area (Å²) < 4.78 is 10.5. The van der Waals surface area contributed by atoms with Crippen LogP contribution in [0.2, 0.25) is 0 Å². The lowest BCUT2D eigenvalue weighted by atomic mass is 9.97. The Morgan fingerprint density at radius 3 is 2.68 bits per heavy atom. The largest absolute Gasteiger partial charge is 0.481 e. The number of hydrogen-bond acceptors (Lipinski definition) is 5. The lowest BCUT2D eigenvalue weighted by Crippen LogP contribution is -2.56. The molecule has 2 amide bonds. The predicted molar refractivity (Wildman–Crippen MR) is 93.7 cm³/mol. The maximum atomic E-state index is 12.5. The molecule has 0 saturated carbocycles. The van der Waals surface area contributed by atoms with E-state index in [2.05, 4.69) is 10.3 Å². The molecule has 7 nitrogen and oxygen atoms in total. The molecule has 7 heteroatoms. The van der Waals surface area contributed by atoms with Crippen molar-refractivity contribution in [2.24, 2.45) is 0 Å². The molecule has 1 saturated heterocycles.